The molecule has 132 valence electrons. The van der Waals surface area contributed by atoms with Crippen LogP contribution in [0.3, 0.4) is 0 Å². The Bertz CT molecular complexity index is 746. The highest BCUT2D eigenvalue weighted by molar-refractivity contribution is 6.04. The molecular weight excluding hydrogens is 330 g/mol. The summed E-state index contributed by atoms with van der Waals surface area (Å²) in [7, 11) is 1.62. The number of imide groups is 1. The summed E-state index contributed by atoms with van der Waals surface area (Å²) in [4.78, 5) is 49.7. The lowest BCUT2D eigenvalue weighted by Crippen LogP contribution is -2.49. The average molecular weight is 347 g/mol. The van der Waals surface area contributed by atoms with Crippen LogP contribution in [0.25, 0.3) is 0 Å². The second-order valence-electron chi connectivity index (χ2n) is 5.75. The highest BCUT2D eigenvalue weighted by Crippen LogP contribution is 2.35. The Morgan fingerprint density at radius 3 is 2.60 bits per heavy atom. The van der Waals surface area contributed by atoms with E-state index in [1.807, 2.05) is 0 Å². The molecule has 0 saturated carbocycles. The topological polar surface area (TPSA) is 105 Å². The summed E-state index contributed by atoms with van der Waals surface area (Å²) in [5, 5.41) is 2.61. The third kappa shape index (κ3) is 3.31. The predicted octanol–water partition coefficient (Wildman–Crippen LogP) is -0.246. The van der Waals surface area contributed by atoms with Crippen LogP contribution in [0.4, 0.5) is 11.4 Å². The highest BCUT2D eigenvalue weighted by atomic mass is 16.5. The number of benzene rings is 1. The molecule has 25 heavy (non-hydrogen) atoms. The molecule has 0 aromatic heterocycles. The molecule has 1 aromatic carbocycles. The molecule has 0 radical (unpaired) electrons. The molecule has 3 rings (SSSR count). The van der Waals surface area contributed by atoms with Crippen LogP contribution in [-0.4, -0.2) is 61.4 Å². The van der Waals surface area contributed by atoms with Gasteiger partial charge in [0.15, 0.2) is 6.10 Å². The Labute approximate surface area is 143 Å². The second kappa shape index (κ2) is 6.52. The number of nitrogens with one attached hydrogen (secondary N) is 1. The zero-order valence-electron chi connectivity index (χ0n) is 13.8. The normalized spacial score (nSPS) is 20.2. The van der Waals surface area contributed by atoms with Crippen LogP contribution in [0.5, 0.6) is 5.75 Å². The number of morpholine rings is 1. The molecule has 0 unspecified atom stereocenters. The monoisotopic (exact) mass is 347 g/mol. The van der Waals surface area contributed by atoms with Crippen LogP contribution >= 0.6 is 0 Å². The number of hydrogen-bond donors (Lipinski definition) is 1. The first-order valence-corrected chi connectivity index (χ1v) is 7.66. The van der Waals surface area contributed by atoms with Gasteiger partial charge in [-0.25, -0.2) is 0 Å². The molecule has 4 amide bonds. The molecule has 1 fully saturated rings. The van der Waals surface area contributed by atoms with Gasteiger partial charge in [-0.05, 0) is 25.1 Å². The van der Waals surface area contributed by atoms with Crippen LogP contribution in [-0.2, 0) is 23.9 Å². The molecule has 1 N–H and O–H groups in total. The van der Waals surface area contributed by atoms with Gasteiger partial charge in [-0.2, -0.15) is 0 Å². The molecule has 2 aliphatic heterocycles. The van der Waals surface area contributed by atoms with Crippen LogP contribution in [0.15, 0.2) is 18.2 Å². The molecular formula is C16H17N3O6. The molecule has 0 spiro atoms. The first-order valence-electron chi connectivity index (χ1n) is 7.66. The van der Waals surface area contributed by atoms with Gasteiger partial charge >= 0.3 is 0 Å². The van der Waals surface area contributed by atoms with E-state index in [1.165, 1.54) is 4.90 Å². The van der Waals surface area contributed by atoms with Crippen molar-refractivity contribution >= 4 is 35.0 Å². The number of nitrogens with zero attached hydrogens (tertiary/aromatic N) is 2. The fourth-order valence-electron chi connectivity index (χ4n) is 2.63. The van der Waals surface area contributed by atoms with E-state index in [9.17, 15) is 19.2 Å². The Morgan fingerprint density at radius 2 is 1.92 bits per heavy atom. The van der Waals surface area contributed by atoms with E-state index < -0.39 is 23.8 Å². The Kier molecular flexibility index (Phi) is 4.41. The van der Waals surface area contributed by atoms with Gasteiger partial charge in [0, 0.05) is 12.7 Å². The molecule has 2 aliphatic rings. The lowest BCUT2D eigenvalue weighted by atomic mass is 10.2. The zero-order chi connectivity index (χ0) is 18.1. The van der Waals surface area contributed by atoms with Gasteiger partial charge in [0.25, 0.3) is 17.7 Å². The van der Waals surface area contributed by atoms with Crippen molar-refractivity contribution in [1.29, 1.82) is 0 Å². The van der Waals surface area contributed by atoms with Gasteiger partial charge < -0.3 is 19.7 Å². The number of carbonyl (C=O) groups is 4. The predicted molar refractivity (Wildman–Crippen MR) is 86.1 cm³/mol. The van der Waals surface area contributed by atoms with Crippen molar-refractivity contribution in [2.75, 3.05) is 37.0 Å². The van der Waals surface area contributed by atoms with Crippen LogP contribution in [0.2, 0.25) is 0 Å². The van der Waals surface area contributed by atoms with Crippen molar-refractivity contribution in [1.82, 2.24) is 4.90 Å². The summed E-state index contributed by atoms with van der Waals surface area (Å²) in [5.41, 5.74) is 0.953. The number of hydrogen-bond acceptors (Lipinski definition) is 6. The third-order valence-corrected chi connectivity index (χ3v) is 3.94. The van der Waals surface area contributed by atoms with E-state index in [1.54, 1.807) is 32.2 Å². The maximum absolute atomic E-state index is 12.1. The summed E-state index contributed by atoms with van der Waals surface area (Å²) >= 11 is 0. The molecule has 0 bridgehead atoms. The maximum Gasteiger partial charge on any atom is 0.267 e. The molecule has 1 atom stereocenters. The van der Waals surface area contributed by atoms with Gasteiger partial charge in [0.05, 0.1) is 5.69 Å². The van der Waals surface area contributed by atoms with Crippen molar-refractivity contribution in [2.24, 2.45) is 0 Å². The quantitative estimate of drug-likeness (QED) is 0.756. The standard InChI is InChI=1S/C16H17N3O6/c1-9-16(23)18(2)11-5-10(3-4-12(11)25-9)17-13(20)6-19-14(21)7-24-8-15(19)22/h3-5,9H,6-8H2,1-2H3,(H,17,20)/t9-/m0/s1. The fraction of sp³-hybridized carbons (Fsp3) is 0.375. The van der Waals surface area contributed by atoms with E-state index in [0.29, 0.717) is 17.1 Å². The number of likely N-dealkylation sites (N-methyl/N-ethyl adjacent to an activating group) is 1. The molecule has 0 aliphatic carbocycles. The summed E-state index contributed by atoms with van der Waals surface area (Å²) in [6.45, 7) is 0.828. The van der Waals surface area contributed by atoms with Gasteiger partial charge in [0.1, 0.15) is 25.5 Å². The summed E-state index contributed by atoms with van der Waals surface area (Å²) in [6.07, 6.45) is -0.573. The summed E-state index contributed by atoms with van der Waals surface area (Å²) in [5.74, 6) is -1.29. The second-order valence-corrected chi connectivity index (χ2v) is 5.75. The highest BCUT2D eigenvalue weighted by Gasteiger charge is 2.30. The summed E-state index contributed by atoms with van der Waals surface area (Å²) in [6, 6.07) is 4.87. The lowest BCUT2D eigenvalue weighted by molar-refractivity contribution is -0.159. The van der Waals surface area contributed by atoms with Crippen LogP contribution in [0, 0.1) is 0 Å². The molecule has 1 saturated heterocycles. The van der Waals surface area contributed by atoms with E-state index in [2.05, 4.69) is 5.32 Å². The first kappa shape index (κ1) is 16.9. The van der Waals surface area contributed by atoms with Gasteiger partial charge in [-0.1, -0.05) is 0 Å². The third-order valence-electron chi connectivity index (χ3n) is 3.94. The molecule has 2 heterocycles. The van der Waals surface area contributed by atoms with E-state index in [0.717, 1.165) is 4.90 Å². The van der Waals surface area contributed by atoms with Crippen molar-refractivity contribution in [2.45, 2.75) is 13.0 Å². The SMILES string of the molecule is C[C@@H]1Oc2ccc(NC(=O)CN3C(=O)COCC3=O)cc2N(C)C1=O. The zero-order valence-corrected chi connectivity index (χ0v) is 13.8. The minimum Gasteiger partial charge on any atom is -0.479 e. The number of carbonyl (C=O) groups excluding carboxylic acids is 4. The number of amides is 4. The first-order chi connectivity index (χ1) is 11.9. The minimum absolute atomic E-state index is 0.194. The van der Waals surface area contributed by atoms with E-state index in [-0.39, 0.29) is 25.7 Å². The number of rotatable bonds is 3. The van der Waals surface area contributed by atoms with Crippen molar-refractivity contribution in [3.05, 3.63) is 18.2 Å². The number of anilines is 2. The largest absolute Gasteiger partial charge is 0.479 e. The smallest absolute Gasteiger partial charge is 0.267 e. The Hall–Kier alpha value is -2.94. The fourth-order valence-corrected chi connectivity index (χ4v) is 2.63. The van der Waals surface area contributed by atoms with Gasteiger partial charge in [0.2, 0.25) is 5.91 Å². The van der Waals surface area contributed by atoms with Crippen LogP contribution in [0.1, 0.15) is 6.92 Å². The molecule has 9 nitrogen and oxygen atoms in total. The Morgan fingerprint density at radius 1 is 1.24 bits per heavy atom. The summed E-state index contributed by atoms with van der Waals surface area (Å²) < 4.78 is 10.3. The maximum atomic E-state index is 12.1. The number of fused-ring (bicyclic) bond motifs is 1. The molecule has 9 heteroatoms. The van der Waals surface area contributed by atoms with Crippen molar-refractivity contribution in [3.8, 4) is 5.75 Å². The lowest BCUT2D eigenvalue weighted by Gasteiger charge is -2.30. The average Bonchev–Trinajstić information content (AvgIpc) is 2.57. The van der Waals surface area contributed by atoms with E-state index >= 15 is 0 Å². The van der Waals surface area contributed by atoms with Gasteiger partial charge in [-0.3, -0.25) is 24.1 Å². The van der Waals surface area contributed by atoms with Crippen molar-refractivity contribution < 1.29 is 28.7 Å². The Balaban J connectivity index is 1.71. The van der Waals surface area contributed by atoms with Gasteiger partial charge in [-0.15, -0.1) is 0 Å². The number of ether oxygens (including phenoxy) is 2. The van der Waals surface area contributed by atoms with Crippen LogP contribution < -0.4 is 15.0 Å². The van der Waals surface area contributed by atoms with Crippen molar-refractivity contribution in [3.63, 3.8) is 0 Å². The molecule has 1 aromatic rings. The minimum atomic E-state index is -0.573. The van der Waals surface area contributed by atoms with E-state index in [4.69, 9.17) is 9.47 Å².